The molecule has 2 aromatic rings. The van der Waals surface area contributed by atoms with Crippen molar-refractivity contribution >= 4 is 22.7 Å². The molecule has 0 aliphatic carbocycles. The molecule has 1 heterocycles. The first kappa shape index (κ1) is 15.5. The van der Waals surface area contributed by atoms with Gasteiger partial charge in [0.2, 0.25) is 0 Å². The first-order chi connectivity index (χ1) is 11.1. The molecule has 4 N–H and O–H groups in total. The number of aryl methyl sites for hydroxylation is 2. The molecule has 1 aliphatic heterocycles. The molecule has 0 radical (unpaired) electrons. The van der Waals surface area contributed by atoms with Gasteiger partial charge in [-0.15, -0.1) is 0 Å². The van der Waals surface area contributed by atoms with E-state index in [0.717, 1.165) is 54.5 Å². The predicted octanol–water partition coefficient (Wildman–Crippen LogP) is 3.16. The number of benzene rings is 2. The summed E-state index contributed by atoms with van der Waals surface area (Å²) in [5, 5.41) is 0. The minimum atomic E-state index is 0.803. The SMILES string of the molecule is Cc1cc(NNc2ccc(N3CCOCC3)cc2)c(C)cc1N. The second-order valence-electron chi connectivity index (χ2n) is 5.92. The summed E-state index contributed by atoms with van der Waals surface area (Å²) in [4.78, 5) is 2.34. The van der Waals surface area contributed by atoms with Crippen LogP contribution < -0.4 is 21.5 Å². The first-order valence-corrected chi connectivity index (χ1v) is 7.95. The van der Waals surface area contributed by atoms with Crippen LogP contribution in [0.1, 0.15) is 11.1 Å². The highest BCUT2D eigenvalue weighted by Gasteiger charge is 2.10. The lowest BCUT2D eigenvalue weighted by atomic mass is 10.1. The fraction of sp³-hybridized carbons (Fsp3) is 0.333. The number of morpholine rings is 1. The van der Waals surface area contributed by atoms with Gasteiger partial charge >= 0.3 is 0 Å². The largest absolute Gasteiger partial charge is 0.399 e. The number of nitrogen functional groups attached to an aromatic ring is 1. The number of nitrogens with one attached hydrogen (secondary N) is 2. The average Bonchev–Trinajstić information content (AvgIpc) is 2.58. The maximum absolute atomic E-state index is 5.92. The van der Waals surface area contributed by atoms with Crippen molar-refractivity contribution in [1.82, 2.24) is 0 Å². The molecule has 1 saturated heterocycles. The zero-order valence-corrected chi connectivity index (χ0v) is 13.7. The quantitative estimate of drug-likeness (QED) is 0.598. The zero-order chi connectivity index (χ0) is 16.2. The van der Waals surface area contributed by atoms with Gasteiger partial charge in [-0.25, -0.2) is 0 Å². The molecule has 0 saturated carbocycles. The van der Waals surface area contributed by atoms with Crippen molar-refractivity contribution in [2.24, 2.45) is 0 Å². The standard InChI is InChI=1S/C18H24N4O/c1-13-12-18(14(2)11-17(13)19)21-20-15-3-5-16(6-4-15)22-7-9-23-10-8-22/h3-6,11-12,20-21H,7-10,19H2,1-2H3. The molecular weight excluding hydrogens is 288 g/mol. The Bertz CT molecular complexity index is 663. The van der Waals surface area contributed by atoms with Crippen LogP contribution in [-0.2, 0) is 4.74 Å². The Morgan fingerprint density at radius 2 is 1.65 bits per heavy atom. The van der Waals surface area contributed by atoms with E-state index in [9.17, 15) is 0 Å². The summed E-state index contributed by atoms with van der Waals surface area (Å²) >= 11 is 0. The number of nitrogens with two attached hydrogens (primary N) is 1. The van der Waals surface area contributed by atoms with Crippen molar-refractivity contribution in [3.63, 3.8) is 0 Å². The molecule has 5 nitrogen and oxygen atoms in total. The molecule has 0 unspecified atom stereocenters. The fourth-order valence-corrected chi connectivity index (χ4v) is 2.69. The Hall–Kier alpha value is -2.40. The monoisotopic (exact) mass is 312 g/mol. The van der Waals surface area contributed by atoms with Crippen molar-refractivity contribution in [3.8, 4) is 0 Å². The molecule has 0 spiro atoms. The van der Waals surface area contributed by atoms with E-state index >= 15 is 0 Å². The molecule has 0 aromatic heterocycles. The van der Waals surface area contributed by atoms with Crippen LogP contribution in [0.25, 0.3) is 0 Å². The summed E-state index contributed by atoms with van der Waals surface area (Å²) < 4.78 is 5.39. The lowest BCUT2D eigenvalue weighted by Gasteiger charge is -2.29. The fourth-order valence-electron chi connectivity index (χ4n) is 2.69. The Kier molecular flexibility index (Phi) is 4.57. The average molecular weight is 312 g/mol. The van der Waals surface area contributed by atoms with Gasteiger partial charge in [0.15, 0.2) is 0 Å². The van der Waals surface area contributed by atoms with Crippen LogP contribution in [0.2, 0.25) is 0 Å². The van der Waals surface area contributed by atoms with Gasteiger partial charge < -0.3 is 26.2 Å². The third kappa shape index (κ3) is 3.68. The highest BCUT2D eigenvalue weighted by atomic mass is 16.5. The highest BCUT2D eigenvalue weighted by molar-refractivity contribution is 5.64. The summed E-state index contributed by atoms with van der Waals surface area (Å²) in [6, 6.07) is 12.5. The van der Waals surface area contributed by atoms with Crippen LogP contribution in [0.15, 0.2) is 36.4 Å². The van der Waals surface area contributed by atoms with Crippen molar-refractivity contribution in [2.45, 2.75) is 13.8 Å². The summed E-state index contributed by atoms with van der Waals surface area (Å²) in [5.41, 5.74) is 18.7. The lowest BCUT2D eigenvalue weighted by molar-refractivity contribution is 0.122. The summed E-state index contributed by atoms with van der Waals surface area (Å²) in [6.45, 7) is 7.57. The molecule has 0 amide bonds. The van der Waals surface area contributed by atoms with E-state index in [0.29, 0.717) is 0 Å². The van der Waals surface area contributed by atoms with Gasteiger partial charge in [0, 0.05) is 24.5 Å². The number of rotatable bonds is 4. The van der Waals surface area contributed by atoms with Gasteiger partial charge in [0.1, 0.15) is 0 Å². The van der Waals surface area contributed by atoms with Crippen LogP contribution in [0, 0.1) is 13.8 Å². The lowest BCUT2D eigenvalue weighted by Crippen LogP contribution is -2.36. The van der Waals surface area contributed by atoms with Crippen molar-refractivity contribution in [1.29, 1.82) is 0 Å². The van der Waals surface area contributed by atoms with E-state index < -0.39 is 0 Å². The number of nitrogens with zero attached hydrogens (tertiary/aromatic N) is 1. The Balaban J connectivity index is 1.63. The van der Waals surface area contributed by atoms with Crippen LogP contribution in [0.3, 0.4) is 0 Å². The van der Waals surface area contributed by atoms with Gasteiger partial charge in [-0.1, -0.05) is 0 Å². The van der Waals surface area contributed by atoms with E-state index in [1.807, 2.05) is 19.9 Å². The summed E-state index contributed by atoms with van der Waals surface area (Å²) in [6.07, 6.45) is 0. The Morgan fingerprint density at radius 3 is 2.35 bits per heavy atom. The second-order valence-corrected chi connectivity index (χ2v) is 5.92. The molecule has 122 valence electrons. The molecule has 23 heavy (non-hydrogen) atoms. The van der Waals surface area contributed by atoms with E-state index in [2.05, 4.69) is 46.1 Å². The maximum atomic E-state index is 5.92. The first-order valence-electron chi connectivity index (χ1n) is 7.95. The van der Waals surface area contributed by atoms with Gasteiger partial charge in [-0.3, -0.25) is 0 Å². The number of ether oxygens (including phenoxy) is 1. The number of anilines is 4. The minimum absolute atomic E-state index is 0.803. The minimum Gasteiger partial charge on any atom is -0.399 e. The molecule has 0 bridgehead atoms. The van der Waals surface area contributed by atoms with E-state index in [1.165, 1.54) is 5.69 Å². The van der Waals surface area contributed by atoms with E-state index in [4.69, 9.17) is 10.5 Å². The van der Waals surface area contributed by atoms with Crippen LogP contribution >= 0.6 is 0 Å². The Labute approximate surface area is 137 Å². The second kappa shape index (κ2) is 6.79. The topological polar surface area (TPSA) is 62.5 Å². The van der Waals surface area contributed by atoms with Crippen molar-refractivity contribution in [3.05, 3.63) is 47.5 Å². The summed E-state index contributed by atoms with van der Waals surface area (Å²) in [7, 11) is 0. The third-order valence-corrected chi connectivity index (χ3v) is 4.20. The van der Waals surface area contributed by atoms with E-state index in [1.54, 1.807) is 0 Å². The normalized spacial score (nSPS) is 14.6. The number of hydrogen-bond acceptors (Lipinski definition) is 5. The number of hydrogen-bond donors (Lipinski definition) is 3. The molecule has 2 aromatic carbocycles. The Morgan fingerprint density at radius 1 is 0.957 bits per heavy atom. The van der Waals surface area contributed by atoms with E-state index in [-0.39, 0.29) is 0 Å². The number of hydrazine groups is 1. The molecule has 0 atom stereocenters. The molecule has 3 rings (SSSR count). The van der Waals surface area contributed by atoms with Crippen LogP contribution in [0.5, 0.6) is 0 Å². The zero-order valence-electron chi connectivity index (χ0n) is 13.7. The van der Waals surface area contributed by atoms with Crippen LogP contribution in [0.4, 0.5) is 22.7 Å². The van der Waals surface area contributed by atoms with Gasteiger partial charge in [0.05, 0.1) is 24.6 Å². The smallest absolute Gasteiger partial charge is 0.0642 e. The van der Waals surface area contributed by atoms with Gasteiger partial charge in [-0.05, 0) is 61.4 Å². The van der Waals surface area contributed by atoms with Crippen molar-refractivity contribution < 1.29 is 4.74 Å². The van der Waals surface area contributed by atoms with Gasteiger partial charge in [-0.2, -0.15) is 0 Å². The van der Waals surface area contributed by atoms with Crippen molar-refractivity contribution in [2.75, 3.05) is 47.8 Å². The maximum Gasteiger partial charge on any atom is 0.0642 e. The third-order valence-electron chi connectivity index (χ3n) is 4.20. The van der Waals surface area contributed by atoms with Gasteiger partial charge in [0.25, 0.3) is 0 Å². The molecule has 1 fully saturated rings. The molecule has 1 aliphatic rings. The predicted molar refractivity (Wildman–Crippen MR) is 97.0 cm³/mol. The summed E-state index contributed by atoms with van der Waals surface area (Å²) in [5.74, 6) is 0. The highest BCUT2D eigenvalue weighted by Crippen LogP contribution is 2.23. The van der Waals surface area contributed by atoms with Crippen LogP contribution in [-0.4, -0.2) is 26.3 Å². The molecule has 5 heteroatoms. The molecular formula is C18H24N4O.